The normalized spacial score (nSPS) is 19.3. The zero-order chi connectivity index (χ0) is 15.2. The van der Waals surface area contributed by atoms with E-state index in [0.29, 0.717) is 18.8 Å². The van der Waals surface area contributed by atoms with Crippen molar-refractivity contribution in [1.29, 1.82) is 0 Å². The number of carbonyl (C=O) groups excluding carboxylic acids is 1. The molecule has 114 valence electrons. The van der Waals surface area contributed by atoms with Crippen LogP contribution >= 0.6 is 0 Å². The highest BCUT2D eigenvalue weighted by Crippen LogP contribution is 2.15. The maximum atomic E-state index is 13.9. The van der Waals surface area contributed by atoms with Crippen LogP contribution in [0.3, 0.4) is 0 Å². The number of ether oxygens (including phenoxy) is 1. The lowest BCUT2D eigenvalue weighted by molar-refractivity contribution is -0.129. The molecule has 1 aromatic rings. The molecule has 0 saturated carbocycles. The molecular formula is C14H18FN3O3. The van der Waals surface area contributed by atoms with E-state index >= 15 is 0 Å². The smallest absolute Gasteiger partial charge is 0.225 e. The third-order valence-corrected chi connectivity index (χ3v) is 3.44. The quantitative estimate of drug-likeness (QED) is 0.333. The summed E-state index contributed by atoms with van der Waals surface area (Å²) in [5.74, 6) is -0.976. The molecule has 0 radical (unpaired) electrons. The van der Waals surface area contributed by atoms with Crippen molar-refractivity contribution in [3.05, 3.63) is 35.1 Å². The first kappa shape index (κ1) is 15.2. The topological polar surface area (TPSA) is 96.9 Å². The van der Waals surface area contributed by atoms with Crippen LogP contribution in [0.15, 0.2) is 23.4 Å². The Morgan fingerprint density at radius 2 is 2.38 bits per heavy atom. The molecule has 4 N–H and O–H groups in total. The number of amidine groups is 1. The van der Waals surface area contributed by atoms with Gasteiger partial charge in [0.05, 0.1) is 12.5 Å². The van der Waals surface area contributed by atoms with Crippen molar-refractivity contribution >= 4 is 11.7 Å². The van der Waals surface area contributed by atoms with Gasteiger partial charge in [-0.25, -0.2) is 4.39 Å². The van der Waals surface area contributed by atoms with E-state index < -0.39 is 5.82 Å². The number of nitrogens with two attached hydrogens (primary N) is 1. The fourth-order valence-corrected chi connectivity index (χ4v) is 2.18. The minimum Gasteiger partial charge on any atom is -0.409 e. The summed E-state index contributed by atoms with van der Waals surface area (Å²) >= 11 is 0. The Balaban J connectivity index is 1.95. The molecule has 1 aromatic carbocycles. The molecule has 1 amide bonds. The van der Waals surface area contributed by atoms with Crippen molar-refractivity contribution in [3.63, 3.8) is 0 Å². The molecule has 1 aliphatic rings. The Bertz CT molecular complexity index is 542. The largest absolute Gasteiger partial charge is 0.409 e. The van der Waals surface area contributed by atoms with Crippen LogP contribution in [0, 0.1) is 11.7 Å². The van der Waals surface area contributed by atoms with Crippen molar-refractivity contribution in [2.24, 2.45) is 16.8 Å². The van der Waals surface area contributed by atoms with Gasteiger partial charge in [0.15, 0.2) is 5.84 Å². The van der Waals surface area contributed by atoms with E-state index in [-0.39, 0.29) is 29.8 Å². The monoisotopic (exact) mass is 295 g/mol. The van der Waals surface area contributed by atoms with Gasteiger partial charge in [0.1, 0.15) is 5.82 Å². The van der Waals surface area contributed by atoms with Crippen LogP contribution in [0.25, 0.3) is 0 Å². The maximum Gasteiger partial charge on any atom is 0.225 e. The van der Waals surface area contributed by atoms with E-state index in [1.165, 1.54) is 18.2 Å². The number of oxime groups is 1. The minimum atomic E-state index is -0.515. The Kier molecular flexibility index (Phi) is 5.10. The second kappa shape index (κ2) is 7.03. The summed E-state index contributed by atoms with van der Waals surface area (Å²) in [5.41, 5.74) is 6.01. The summed E-state index contributed by atoms with van der Waals surface area (Å²) in [4.78, 5) is 11.9. The lowest BCUT2D eigenvalue weighted by atomic mass is 10.0. The molecule has 0 bridgehead atoms. The molecule has 1 saturated heterocycles. The number of benzene rings is 1. The molecule has 0 aliphatic carbocycles. The Hall–Kier alpha value is -2.15. The molecule has 1 unspecified atom stereocenters. The predicted octanol–water partition coefficient (Wildman–Crippen LogP) is 0.963. The van der Waals surface area contributed by atoms with Crippen molar-refractivity contribution in [2.75, 3.05) is 13.2 Å². The van der Waals surface area contributed by atoms with Gasteiger partial charge in [-0.15, -0.1) is 0 Å². The van der Waals surface area contributed by atoms with Crippen LogP contribution in [0.5, 0.6) is 0 Å². The van der Waals surface area contributed by atoms with Crippen LogP contribution < -0.4 is 11.1 Å². The van der Waals surface area contributed by atoms with E-state index in [0.717, 1.165) is 12.8 Å². The Labute approximate surface area is 121 Å². The average Bonchev–Trinajstić information content (AvgIpc) is 2.53. The molecule has 0 aromatic heterocycles. The maximum absolute atomic E-state index is 13.9. The number of hydrogen-bond donors (Lipinski definition) is 3. The van der Waals surface area contributed by atoms with E-state index in [2.05, 4.69) is 10.5 Å². The molecule has 6 nitrogen and oxygen atoms in total. The summed E-state index contributed by atoms with van der Waals surface area (Å²) in [6.45, 7) is 1.20. The molecule has 2 rings (SSSR count). The van der Waals surface area contributed by atoms with E-state index in [9.17, 15) is 9.18 Å². The van der Waals surface area contributed by atoms with Crippen molar-refractivity contribution < 1.29 is 19.1 Å². The van der Waals surface area contributed by atoms with Gasteiger partial charge < -0.3 is 21.0 Å². The van der Waals surface area contributed by atoms with E-state index in [1.54, 1.807) is 0 Å². The van der Waals surface area contributed by atoms with Gasteiger partial charge in [-0.3, -0.25) is 4.79 Å². The molecule has 1 aliphatic heterocycles. The molecule has 1 heterocycles. The molecule has 0 spiro atoms. The number of rotatable bonds is 4. The highest BCUT2D eigenvalue weighted by molar-refractivity contribution is 5.97. The highest BCUT2D eigenvalue weighted by atomic mass is 19.1. The van der Waals surface area contributed by atoms with Gasteiger partial charge in [-0.1, -0.05) is 17.3 Å². The third kappa shape index (κ3) is 3.91. The van der Waals surface area contributed by atoms with Crippen LogP contribution in [-0.4, -0.2) is 30.2 Å². The van der Waals surface area contributed by atoms with Crippen molar-refractivity contribution in [2.45, 2.75) is 19.4 Å². The summed E-state index contributed by atoms with van der Waals surface area (Å²) in [6.07, 6.45) is 1.65. The summed E-state index contributed by atoms with van der Waals surface area (Å²) in [5, 5.41) is 14.1. The fraction of sp³-hybridized carbons (Fsp3) is 0.429. The summed E-state index contributed by atoms with van der Waals surface area (Å²) in [7, 11) is 0. The zero-order valence-electron chi connectivity index (χ0n) is 11.5. The minimum absolute atomic E-state index is 0.0949. The summed E-state index contributed by atoms with van der Waals surface area (Å²) in [6, 6.07) is 4.20. The average molecular weight is 295 g/mol. The highest BCUT2D eigenvalue weighted by Gasteiger charge is 2.21. The second-order valence-electron chi connectivity index (χ2n) is 4.92. The first-order chi connectivity index (χ1) is 10.1. The second-order valence-corrected chi connectivity index (χ2v) is 4.92. The number of carbonyl (C=O) groups is 1. The number of nitrogens with zero attached hydrogens (tertiary/aromatic N) is 1. The SMILES string of the molecule is NC(=NO)c1ccc(CNC(=O)C2CCCOC2)c(F)c1. The van der Waals surface area contributed by atoms with E-state index in [1.807, 2.05) is 0 Å². The number of halogens is 1. The molecular weight excluding hydrogens is 277 g/mol. The fourth-order valence-electron chi connectivity index (χ4n) is 2.18. The summed E-state index contributed by atoms with van der Waals surface area (Å²) < 4.78 is 19.1. The first-order valence-electron chi connectivity index (χ1n) is 6.73. The van der Waals surface area contributed by atoms with Gasteiger partial charge in [-0.2, -0.15) is 0 Å². The first-order valence-corrected chi connectivity index (χ1v) is 6.73. The Morgan fingerprint density at radius 1 is 1.57 bits per heavy atom. The van der Waals surface area contributed by atoms with Crippen LogP contribution in [0.2, 0.25) is 0 Å². The molecule has 7 heteroatoms. The zero-order valence-corrected chi connectivity index (χ0v) is 11.5. The number of nitrogens with one attached hydrogen (secondary N) is 1. The Morgan fingerprint density at radius 3 is 3.00 bits per heavy atom. The predicted molar refractivity (Wildman–Crippen MR) is 74.3 cm³/mol. The van der Waals surface area contributed by atoms with Gasteiger partial charge in [0.2, 0.25) is 5.91 Å². The van der Waals surface area contributed by atoms with Gasteiger partial charge in [-0.05, 0) is 18.9 Å². The van der Waals surface area contributed by atoms with Crippen LogP contribution in [-0.2, 0) is 16.1 Å². The van der Waals surface area contributed by atoms with Gasteiger partial charge >= 0.3 is 0 Å². The molecule has 1 atom stereocenters. The third-order valence-electron chi connectivity index (χ3n) is 3.44. The lowest BCUT2D eigenvalue weighted by Crippen LogP contribution is -2.35. The van der Waals surface area contributed by atoms with Crippen molar-refractivity contribution in [3.8, 4) is 0 Å². The number of hydrogen-bond acceptors (Lipinski definition) is 4. The van der Waals surface area contributed by atoms with Gasteiger partial charge in [0.25, 0.3) is 0 Å². The van der Waals surface area contributed by atoms with E-state index in [4.69, 9.17) is 15.7 Å². The lowest BCUT2D eigenvalue weighted by Gasteiger charge is -2.21. The molecule has 1 fully saturated rings. The number of amides is 1. The van der Waals surface area contributed by atoms with Crippen molar-refractivity contribution in [1.82, 2.24) is 5.32 Å². The molecule has 21 heavy (non-hydrogen) atoms. The van der Waals surface area contributed by atoms with Gasteiger partial charge in [0, 0.05) is 24.3 Å². The van der Waals surface area contributed by atoms with Crippen LogP contribution in [0.1, 0.15) is 24.0 Å². The van der Waals surface area contributed by atoms with Crippen LogP contribution in [0.4, 0.5) is 4.39 Å². The standard InChI is InChI=1S/C14H18FN3O3/c15-12-6-9(13(16)18-20)3-4-10(12)7-17-14(19)11-2-1-5-21-8-11/h3-4,6,11,20H,1-2,5,7-8H2,(H2,16,18)(H,17,19).